The largest absolute Gasteiger partial charge is 0.497 e. The first kappa shape index (κ1) is 18.9. The van der Waals surface area contributed by atoms with Crippen molar-refractivity contribution in [2.75, 3.05) is 7.11 Å². The second kappa shape index (κ2) is 8.28. The number of thiazole rings is 1. The zero-order chi connectivity index (χ0) is 20.2. The maximum Gasteiger partial charge on any atom is 0.271 e. The Morgan fingerprint density at radius 2 is 2.00 bits per heavy atom. The number of carbonyl (C=O) groups excluding carboxylic acids is 1. The van der Waals surface area contributed by atoms with Gasteiger partial charge in [-0.1, -0.05) is 42.5 Å². The normalized spacial score (nSPS) is 11.8. The molecular weight excluding hydrogens is 384 g/mol. The van der Waals surface area contributed by atoms with Gasteiger partial charge >= 0.3 is 0 Å². The van der Waals surface area contributed by atoms with Gasteiger partial charge in [-0.25, -0.2) is 9.97 Å². The van der Waals surface area contributed by atoms with E-state index in [1.54, 1.807) is 18.7 Å². The van der Waals surface area contributed by atoms with E-state index in [0.717, 1.165) is 27.7 Å². The van der Waals surface area contributed by atoms with Gasteiger partial charge in [0.25, 0.3) is 5.91 Å². The molecule has 29 heavy (non-hydrogen) atoms. The van der Waals surface area contributed by atoms with Crippen molar-refractivity contribution in [3.63, 3.8) is 0 Å². The van der Waals surface area contributed by atoms with Crippen LogP contribution in [0.15, 0.2) is 72.4 Å². The van der Waals surface area contributed by atoms with Gasteiger partial charge < -0.3 is 14.6 Å². The summed E-state index contributed by atoms with van der Waals surface area (Å²) in [5.41, 5.74) is 2.26. The third kappa shape index (κ3) is 4.05. The highest BCUT2D eigenvalue weighted by molar-refractivity contribution is 7.13. The van der Waals surface area contributed by atoms with E-state index in [1.165, 1.54) is 11.3 Å². The highest BCUT2D eigenvalue weighted by Crippen LogP contribution is 2.26. The molecule has 4 rings (SSSR count). The standard InChI is InChI=1S/C22H20N4O2S/c1-26-12-11-23-20(26)19(16-9-6-10-17(13-16)28-2)25-21(27)18-14-29-22(24-18)15-7-4-3-5-8-15/h3-14,19H,1-2H3,(H,25,27). The molecule has 1 atom stereocenters. The predicted molar refractivity (Wildman–Crippen MR) is 113 cm³/mol. The first-order chi connectivity index (χ1) is 14.2. The molecular formula is C22H20N4O2S. The van der Waals surface area contributed by atoms with Crippen LogP contribution in [-0.2, 0) is 7.05 Å². The Morgan fingerprint density at radius 1 is 1.17 bits per heavy atom. The van der Waals surface area contributed by atoms with Gasteiger partial charge in [0.2, 0.25) is 0 Å². The fourth-order valence-corrected chi connectivity index (χ4v) is 3.88. The summed E-state index contributed by atoms with van der Waals surface area (Å²) < 4.78 is 7.23. The summed E-state index contributed by atoms with van der Waals surface area (Å²) in [6.07, 6.45) is 3.57. The number of benzene rings is 2. The number of amides is 1. The molecule has 1 unspecified atom stereocenters. The highest BCUT2D eigenvalue weighted by atomic mass is 32.1. The molecule has 1 amide bonds. The lowest BCUT2D eigenvalue weighted by Crippen LogP contribution is -2.31. The van der Waals surface area contributed by atoms with Crippen molar-refractivity contribution in [3.8, 4) is 16.3 Å². The number of nitrogens with zero attached hydrogens (tertiary/aromatic N) is 3. The summed E-state index contributed by atoms with van der Waals surface area (Å²) >= 11 is 1.45. The van der Waals surface area contributed by atoms with E-state index in [9.17, 15) is 4.79 Å². The summed E-state index contributed by atoms with van der Waals surface area (Å²) in [7, 11) is 3.52. The fraction of sp³-hybridized carbons (Fsp3) is 0.136. The van der Waals surface area contributed by atoms with Crippen molar-refractivity contribution >= 4 is 17.2 Å². The van der Waals surface area contributed by atoms with Crippen LogP contribution in [0.3, 0.4) is 0 Å². The summed E-state index contributed by atoms with van der Waals surface area (Å²) in [6.45, 7) is 0. The Bertz CT molecular complexity index is 1120. The molecule has 6 nitrogen and oxygen atoms in total. The van der Waals surface area contributed by atoms with Crippen molar-refractivity contribution in [3.05, 3.63) is 89.5 Å². The van der Waals surface area contributed by atoms with E-state index >= 15 is 0 Å². The number of methoxy groups -OCH3 is 1. The van der Waals surface area contributed by atoms with E-state index in [2.05, 4.69) is 15.3 Å². The number of ether oxygens (including phenoxy) is 1. The molecule has 0 saturated heterocycles. The Hall–Kier alpha value is -3.45. The lowest BCUT2D eigenvalue weighted by molar-refractivity contribution is 0.0937. The van der Waals surface area contributed by atoms with E-state index in [0.29, 0.717) is 5.69 Å². The van der Waals surface area contributed by atoms with E-state index in [-0.39, 0.29) is 5.91 Å². The van der Waals surface area contributed by atoms with E-state index < -0.39 is 6.04 Å². The minimum Gasteiger partial charge on any atom is -0.497 e. The molecule has 0 aliphatic rings. The monoisotopic (exact) mass is 404 g/mol. The molecule has 1 N–H and O–H groups in total. The molecule has 0 aliphatic carbocycles. The number of hydrogen-bond acceptors (Lipinski definition) is 5. The Kier molecular flexibility index (Phi) is 5.39. The van der Waals surface area contributed by atoms with Gasteiger partial charge in [0.1, 0.15) is 28.3 Å². The minimum atomic E-state index is -0.431. The van der Waals surface area contributed by atoms with Gasteiger partial charge in [-0.2, -0.15) is 0 Å². The molecule has 0 aliphatic heterocycles. The van der Waals surface area contributed by atoms with E-state index in [1.807, 2.05) is 72.4 Å². The Balaban J connectivity index is 1.63. The zero-order valence-corrected chi connectivity index (χ0v) is 16.9. The molecule has 0 fully saturated rings. The quantitative estimate of drug-likeness (QED) is 0.526. The highest BCUT2D eigenvalue weighted by Gasteiger charge is 2.23. The van der Waals surface area contributed by atoms with Crippen LogP contribution in [-0.4, -0.2) is 27.6 Å². The zero-order valence-electron chi connectivity index (χ0n) is 16.1. The third-order valence-electron chi connectivity index (χ3n) is 4.58. The van der Waals surface area contributed by atoms with E-state index in [4.69, 9.17) is 4.74 Å². The summed E-state index contributed by atoms with van der Waals surface area (Å²) in [5, 5.41) is 5.66. The van der Waals surface area contributed by atoms with Gasteiger partial charge in [0, 0.05) is 30.4 Å². The third-order valence-corrected chi connectivity index (χ3v) is 5.47. The maximum atomic E-state index is 13.0. The van der Waals surface area contributed by atoms with Crippen LogP contribution in [0.4, 0.5) is 0 Å². The van der Waals surface area contributed by atoms with Crippen LogP contribution in [0.1, 0.15) is 27.9 Å². The van der Waals surface area contributed by atoms with Gasteiger partial charge in [-0.05, 0) is 17.7 Å². The minimum absolute atomic E-state index is 0.251. The number of nitrogens with one attached hydrogen (secondary N) is 1. The molecule has 2 aromatic heterocycles. The Morgan fingerprint density at radius 3 is 2.72 bits per heavy atom. The van der Waals surface area contributed by atoms with Crippen LogP contribution in [0.25, 0.3) is 10.6 Å². The number of hydrogen-bond donors (Lipinski definition) is 1. The molecule has 0 bridgehead atoms. The number of imidazole rings is 1. The summed E-state index contributed by atoms with van der Waals surface area (Å²) in [4.78, 5) is 22.0. The van der Waals surface area contributed by atoms with Gasteiger partial charge in [0.05, 0.1) is 7.11 Å². The van der Waals surface area contributed by atoms with Crippen molar-refractivity contribution in [1.82, 2.24) is 19.9 Å². The van der Waals surface area contributed by atoms with Crippen molar-refractivity contribution in [2.24, 2.45) is 7.05 Å². The van der Waals surface area contributed by atoms with Crippen LogP contribution in [0, 0.1) is 0 Å². The molecule has 7 heteroatoms. The molecule has 4 aromatic rings. The molecule has 2 aromatic carbocycles. The molecule has 0 radical (unpaired) electrons. The average Bonchev–Trinajstić information content (AvgIpc) is 3.42. The second-order valence-electron chi connectivity index (χ2n) is 6.48. The number of aryl methyl sites for hydroxylation is 1. The lowest BCUT2D eigenvalue weighted by Gasteiger charge is -2.19. The maximum absolute atomic E-state index is 13.0. The average molecular weight is 404 g/mol. The van der Waals surface area contributed by atoms with Crippen LogP contribution in [0.2, 0.25) is 0 Å². The number of aromatic nitrogens is 3. The van der Waals surface area contributed by atoms with Gasteiger partial charge in [0.15, 0.2) is 0 Å². The molecule has 2 heterocycles. The smallest absolute Gasteiger partial charge is 0.271 e. The van der Waals surface area contributed by atoms with Crippen molar-refractivity contribution in [1.29, 1.82) is 0 Å². The molecule has 0 saturated carbocycles. The second-order valence-corrected chi connectivity index (χ2v) is 7.34. The molecule has 0 spiro atoms. The number of carbonyl (C=O) groups is 1. The Labute approximate surface area is 172 Å². The first-order valence-electron chi connectivity index (χ1n) is 9.08. The summed E-state index contributed by atoms with van der Waals surface area (Å²) in [6, 6.07) is 17.0. The van der Waals surface area contributed by atoms with Crippen molar-refractivity contribution < 1.29 is 9.53 Å². The summed E-state index contributed by atoms with van der Waals surface area (Å²) in [5.74, 6) is 1.19. The van der Waals surface area contributed by atoms with Crippen LogP contribution >= 0.6 is 11.3 Å². The van der Waals surface area contributed by atoms with Crippen molar-refractivity contribution in [2.45, 2.75) is 6.04 Å². The topological polar surface area (TPSA) is 69.0 Å². The SMILES string of the molecule is COc1cccc(C(NC(=O)c2csc(-c3ccccc3)n2)c2nccn2C)c1. The fourth-order valence-electron chi connectivity index (χ4n) is 3.07. The number of rotatable bonds is 6. The molecule has 146 valence electrons. The first-order valence-corrected chi connectivity index (χ1v) is 9.96. The van der Waals surface area contributed by atoms with Gasteiger partial charge in [-0.3, -0.25) is 4.79 Å². The lowest BCUT2D eigenvalue weighted by atomic mass is 10.1. The predicted octanol–water partition coefficient (Wildman–Crippen LogP) is 4.07. The van der Waals surface area contributed by atoms with Crippen LogP contribution < -0.4 is 10.1 Å². The van der Waals surface area contributed by atoms with Crippen LogP contribution in [0.5, 0.6) is 5.75 Å². The van der Waals surface area contributed by atoms with Gasteiger partial charge in [-0.15, -0.1) is 11.3 Å².